The van der Waals surface area contributed by atoms with Crippen molar-refractivity contribution >= 4 is 21.9 Å². The van der Waals surface area contributed by atoms with Gasteiger partial charge in [-0.25, -0.2) is 4.39 Å². The Morgan fingerprint density at radius 1 is 0.594 bits per heavy atom. The second kappa shape index (κ2) is 16.8. The molecule has 5 aromatic carbocycles. The van der Waals surface area contributed by atoms with E-state index in [1.54, 1.807) is 58.3 Å². The van der Waals surface area contributed by atoms with E-state index in [0.717, 1.165) is 11.1 Å². The molecule has 0 amide bonds. The second-order valence-electron chi connectivity index (χ2n) is 17.6. The Hall–Kier alpha value is -7.23. The Bertz CT molecular complexity index is 3450. The summed E-state index contributed by atoms with van der Waals surface area (Å²) in [6, 6.07) is 40.2. The molecule has 0 aliphatic heterocycles. The van der Waals surface area contributed by atoms with Gasteiger partial charge in [0.2, 0.25) is 0 Å². The molecule has 0 aliphatic carbocycles. The molecule has 6 heteroatoms. The minimum Gasteiger partial charge on any atom is -0.455 e. The van der Waals surface area contributed by atoms with Crippen molar-refractivity contribution in [2.45, 2.75) is 76.9 Å². The smallest absolute Gasteiger partial charge is 0.144 e. The van der Waals surface area contributed by atoms with Crippen molar-refractivity contribution in [3.05, 3.63) is 209 Å². The summed E-state index contributed by atoms with van der Waals surface area (Å²) in [5, 5.41) is 10.6. The summed E-state index contributed by atoms with van der Waals surface area (Å²) < 4.78 is 99.5. The van der Waals surface area contributed by atoms with Crippen molar-refractivity contribution in [3.63, 3.8) is 0 Å². The molecule has 9 aromatic rings. The lowest BCUT2D eigenvalue weighted by atomic mass is 9.75. The highest BCUT2D eigenvalue weighted by Gasteiger charge is 2.29. The lowest BCUT2D eigenvalue weighted by molar-refractivity contribution is 0.476. The number of halogens is 1. The lowest BCUT2D eigenvalue weighted by Gasteiger charge is -2.30. The first kappa shape index (κ1) is 33.3. The Labute approximate surface area is 386 Å². The van der Waals surface area contributed by atoms with Crippen molar-refractivity contribution < 1.29 is 19.8 Å². The van der Waals surface area contributed by atoms with Crippen molar-refractivity contribution in [2.24, 2.45) is 0 Å². The second-order valence-corrected chi connectivity index (χ2v) is 17.6. The number of hydrogen-bond donors (Lipinski definition) is 0. The lowest BCUT2D eigenvalue weighted by Crippen LogP contribution is -2.25. The predicted octanol–water partition coefficient (Wildman–Crippen LogP) is 14.3. The third kappa shape index (κ3) is 8.59. The number of pyridine rings is 3. The van der Waals surface area contributed by atoms with E-state index in [9.17, 15) is 13.5 Å². The van der Waals surface area contributed by atoms with E-state index in [2.05, 4.69) is 4.98 Å². The van der Waals surface area contributed by atoms with Gasteiger partial charge in [-0.1, -0.05) is 145 Å². The van der Waals surface area contributed by atoms with Crippen LogP contribution >= 0.6 is 0 Å². The summed E-state index contributed by atoms with van der Waals surface area (Å²) in [6.45, 7) is 10.0. The summed E-state index contributed by atoms with van der Waals surface area (Å²) in [6.07, 6.45) is -2.48. The average Bonchev–Trinajstić information content (AvgIpc) is 3.75. The average molecular weight is 847 g/mol. The Morgan fingerprint density at radius 2 is 1.12 bits per heavy atom. The molecule has 64 heavy (non-hydrogen) atoms. The molecule has 0 spiro atoms. The van der Waals surface area contributed by atoms with Crippen LogP contribution in [0.4, 0.5) is 4.39 Å². The first-order chi connectivity index (χ1) is 33.9. The number of furan rings is 1. The van der Waals surface area contributed by atoms with Gasteiger partial charge in [-0.2, -0.15) is 5.26 Å². The number of aromatic nitrogens is 3. The van der Waals surface area contributed by atoms with Crippen molar-refractivity contribution in [1.82, 2.24) is 15.0 Å². The van der Waals surface area contributed by atoms with Gasteiger partial charge >= 0.3 is 0 Å². The molecule has 316 valence electrons. The van der Waals surface area contributed by atoms with Gasteiger partial charge in [0, 0.05) is 65.9 Å². The molecular formula is C58H51FN4O. The molecule has 9 rings (SSSR count). The fraction of sp³-hybridized carbons (Fsp3) is 0.207. The van der Waals surface area contributed by atoms with Gasteiger partial charge < -0.3 is 4.42 Å². The van der Waals surface area contributed by atoms with Crippen molar-refractivity contribution in [3.8, 4) is 39.8 Å². The number of nitrogens with zero attached hydrogens (tertiary/aromatic N) is 4. The van der Waals surface area contributed by atoms with Gasteiger partial charge in [-0.3, -0.25) is 15.0 Å². The number of nitriles is 1. The maximum absolute atomic E-state index is 16.9. The zero-order chi connectivity index (χ0) is 51.8. The van der Waals surface area contributed by atoms with Crippen molar-refractivity contribution in [1.29, 1.82) is 5.26 Å². The first-order valence-electron chi connectivity index (χ1n) is 25.2. The maximum atomic E-state index is 16.9. The Kier molecular flexibility index (Phi) is 8.76. The minimum atomic E-state index is -2.49. The summed E-state index contributed by atoms with van der Waals surface area (Å²) in [5.41, 5.74) is 0.689. The van der Waals surface area contributed by atoms with E-state index in [-0.39, 0.29) is 56.8 Å². The highest BCUT2D eigenvalue weighted by Crippen LogP contribution is 2.39. The largest absolute Gasteiger partial charge is 0.455 e. The fourth-order valence-corrected chi connectivity index (χ4v) is 8.19. The van der Waals surface area contributed by atoms with Gasteiger partial charge in [0.25, 0.3) is 0 Å². The minimum absolute atomic E-state index is 0.0205. The molecule has 0 saturated carbocycles. The molecule has 5 nitrogen and oxygen atoms in total. The number of benzene rings is 5. The van der Waals surface area contributed by atoms with E-state index < -0.39 is 41.2 Å². The van der Waals surface area contributed by atoms with E-state index >= 15 is 4.39 Å². The Balaban J connectivity index is 1.15. The van der Waals surface area contributed by atoms with Crippen LogP contribution in [-0.4, -0.2) is 15.0 Å². The molecule has 0 fully saturated rings. The number of hydrogen-bond acceptors (Lipinski definition) is 5. The van der Waals surface area contributed by atoms with Crippen LogP contribution in [0.1, 0.15) is 91.5 Å². The number of para-hydroxylation sites is 1. The highest BCUT2D eigenvalue weighted by atomic mass is 19.1. The zero-order valence-electron chi connectivity index (χ0n) is 44.5. The first-order valence-corrected chi connectivity index (χ1v) is 21.2. The van der Waals surface area contributed by atoms with Crippen LogP contribution in [0.5, 0.6) is 0 Å². The number of rotatable bonds is 12. The van der Waals surface area contributed by atoms with Gasteiger partial charge in [0.15, 0.2) is 0 Å². The molecule has 4 heterocycles. The van der Waals surface area contributed by atoms with Gasteiger partial charge in [-0.15, -0.1) is 0 Å². The summed E-state index contributed by atoms with van der Waals surface area (Å²) >= 11 is 0. The molecular weight excluding hydrogens is 788 g/mol. The van der Waals surface area contributed by atoms with Gasteiger partial charge in [0.1, 0.15) is 17.0 Å². The topological polar surface area (TPSA) is 75.6 Å². The molecule has 0 aliphatic rings. The standard InChI is InChI=1S/C58H51FN4O/c1-56(2,44-21-24-51(61-35-44)42-14-9-7-10-15-42)31-39-26-40(32-57(3,4)45-22-25-52(62-36-45)43-16-11-8-12-17-43)28-41(27-39)33-58(5,6)49-37-63-53(30-50(49)59)48-19-13-18-47-46-23-20-38(34-60)29-54(46)64-55(47)48/h7-30,35-37H,31-33H2,1-6H3/i20D,29D,31D2,32D2,33D2. The van der Waals surface area contributed by atoms with Crippen LogP contribution in [0, 0.1) is 17.1 Å². The van der Waals surface area contributed by atoms with Crippen LogP contribution in [0.2, 0.25) is 0 Å². The maximum Gasteiger partial charge on any atom is 0.144 e. The quantitative estimate of drug-likeness (QED) is 0.122. The SMILES string of the molecule is [2H]c1cc2c(oc3c(-c4cc(F)c(C(C)(C)C([2H])([2H])c5cc(C([2H])([2H])C(C)(C)c6ccc(-c7ccccc7)nc6)cc(C([2H])([2H])C(C)(C)c6ccc(-c7ccccc7)nc6)c5)cn4)cccc32)c([2H])c1C#N. The van der Waals surface area contributed by atoms with E-state index in [4.69, 9.17) is 17.1 Å². The monoisotopic (exact) mass is 846 g/mol. The third-order valence-electron chi connectivity index (χ3n) is 11.7. The Morgan fingerprint density at radius 3 is 1.62 bits per heavy atom. The molecule has 0 unspecified atom stereocenters. The van der Waals surface area contributed by atoms with Crippen LogP contribution in [-0.2, 0) is 35.4 Å². The molecule has 4 aromatic heterocycles. The molecule has 0 saturated heterocycles. The van der Waals surface area contributed by atoms with Gasteiger partial charge in [0.05, 0.1) is 31.5 Å². The number of fused-ring (bicyclic) bond motifs is 3. The highest BCUT2D eigenvalue weighted by molar-refractivity contribution is 6.09. The molecule has 0 bridgehead atoms. The van der Waals surface area contributed by atoms with Crippen molar-refractivity contribution in [2.75, 3.05) is 0 Å². The van der Waals surface area contributed by atoms with Gasteiger partial charge in [-0.05, 0) is 99.5 Å². The molecule has 0 atom stereocenters. The zero-order valence-corrected chi connectivity index (χ0v) is 36.5. The van der Waals surface area contributed by atoms with Crippen LogP contribution in [0.25, 0.3) is 55.7 Å². The van der Waals surface area contributed by atoms with E-state index in [1.807, 2.05) is 91.0 Å². The third-order valence-corrected chi connectivity index (χ3v) is 11.7. The fourth-order valence-electron chi connectivity index (χ4n) is 8.19. The van der Waals surface area contributed by atoms with E-state index in [1.165, 1.54) is 50.4 Å². The summed E-state index contributed by atoms with van der Waals surface area (Å²) in [5.74, 6) is -0.786. The van der Waals surface area contributed by atoms with Crippen LogP contribution in [0.3, 0.4) is 0 Å². The van der Waals surface area contributed by atoms with Crippen LogP contribution in [0.15, 0.2) is 169 Å². The summed E-state index contributed by atoms with van der Waals surface area (Å²) in [7, 11) is 0. The molecule has 0 N–H and O–H groups in total. The van der Waals surface area contributed by atoms with E-state index in [0.29, 0.717) is 38.9 Å². The molecule has 0 radical (unpaired) electrons. The normalized spacial score (nSPS) is 14.7. The van der Waals surface area contributed by atoms with Crippen LogP contribution < -0.4 is 0 Å². The predicted molar refractivity (Wildman–Crippen MR) is 258 cm³/mol. The summed E-state index contributed by atoms with van der Waals surface area (Å²) in [4.78, 5) is 14.0.